The molecule has 3 aliphatic heterocycles. The summed E-state index contributed by atoms with van der Waals surface area (Å²) in [5, 5.41) is 37.1. The van der Waals surface area contributed by atoms with Gasteiger partial charge in [0.15, 0.2) is 31.2 Å². The van der Waals surface area contributed by atoms with E-state index in [2.05, 4.69) is 9.88 Å². The van der Waals surface area contributed by atoms with E-state index < -0.39 is 114 Å². The minimum absolute atomic E-state index is 0.000494. The molecule has 8 atom stereocenters. The summed E-state index contributed by atoms with van der Waals surface area (Å²) >= 11 is 0. The normalized spacial score (nSPS) is 26.3. The molecule has 0 saturated carbocycles. The van der Waals surface area contributed by atoms with Crippen molar-refractivity contribution in [3.8, 4) is 17.2 Å². The number of hydrogen-bond acceptors (Lipinski definition) is 20. The van der Waals surface area contributed by atoms with Crippen LogP contribution in [0.4, 0.5) is 9.59 Å². The third-order valence-electron chi connectivity index (χ3n) is 12.6. The number of morpholine rings is 1. The standard InChI is InChI=1S/C45H52N4O16S2/c1-23-40-26(49-15-16-60-42(59-5)41(49)65-40)19-31(63-23)64-28-21-45(57,20-25-33(28)39(54)35-34(37(25)52)36(51)24-9-8-10-27(58-4)32(24)38(35)53)29(50)22-62-44(56)48(3)14-13-47(2)43(55)61-17-18-66-67-30-11-6-7-12-46-30/h6-12,23,26,28,31,40-42,52,54,57H,13-22H2,1-5H3/t23-,26-,28-,31-,40+,41+,42-,45-/m0/s1. The molecule has 2 amide bonds. The maximum Gasteiger partial charge on any atom is 0.409 e. The molecular formula is C45H52N4O16S2. The van der Waals surface area contributed by atoms with Gasteiger partial charge in [-0.2, -0.15) is 0 Å². The van der Waals surface area contributed by atoms with Crippen molar-refractivity contribution in [1.29, 1.82) is 0 Å². The number of aliphatic hydroxyl groups is 1. The van der Waals surface area contributed by atoms with Crippen LogP contribution in [0.5, 0.6) is 17.2 Å². The molecule has 360 valence electrons. The number of aromatic nitrogens is 1. The molecule has 20 nitrogen and oxygen atoms in total. The van der Waals surface area contributed by atoms with Crippen LogP contribution < -0.4 is 4.74 Å². The Hall–Kier alpha value is -5.04. The number of Topliss-reactive ketones (excluding diaryl/α,β-unsaturated/α-hetero) is 1. The summed E-state index contributed by atoms with van der Waals surface area (Å²) in [5.74, 6) is -3.39. The highest BCUT2D eigenvalue weighted by Gasteiger charge is 2.55. The Morgan fingerprint density at radius 2 is 1.70 bits per heavy atom. The highest BCUT2D eigenvalue weighted by Crippen LogP contribution is 2.53. The van der Waals surface area contributed by atoms with E-state index >= 15 is 0 Å². The van der Waals surface area contributed by atoms with Crippen molar-refractivity contribution in [3.05, 3.63) is 76.0 Å². The summed E-state index contributed by atoms with van der Waals surface area (Å²) in [6.07, 6.45) is -5.39. The molecule has 3 N–H and O–H groups in total. The molecule has 2 aromatic carbocycles. The van der Waals surface area contributed by atoms with E-state index in [4.69, 9.17) is 37.9 Å². The average Bonchev–Trinajstić information content (AvgIpc) is 3.71. The lowest BCUT2D eigenvalue weighted by atomic mass is 9.72. The van der Waals surface area contributed by atoms with Gasteiger partial charge in [0.25, 0.3) is 0 Å². The molecule has 3 saturated heterocycles. The van der Waals surface area contributed by atoms with Crippen LogP contribution in [-0.2, 0) is 44.4 Å². The Labute approximate surface area is 393 Å². The fourth-order valence-electron chi connectivity index (χ4n) is 9.17. The molecule has 4 heterocycles. The summed E-state index contributed by atoms with van der Waals surface area (Å²) in [7, 11) is 8.71. The van der Waals surface area contributed by atoms with Gasteiger partial charge in [0.05, 0.1) is 42.6 Å². The molecule has 1 aromatic heterocycles. The smallest absolute Gasteiger partial charge is 0.409 e. The fraction of sp³-hybridized carbons (Fsp3) is 0.511. The lowest BCUT2D eigenvalue weighted by Gasteiger charge is -2.43. The monoisotopic (exact) mass is 968 g/mol. The number of methoxy groups -OCH3 is 2. The molecule has 5 aliphatic rings. The summed E-state index contributed by atoms with van der Waals surface area (Å²) in [5.41, 5.74) is -3.95. The Kier molecular flexibility index (Phi) is 14.7. The number of ketones is 3. The first-order chi connectivity index (χ1) is 32.1. The molecule has 3 aromatic rings. The van der Waals surface area contributed by atoms with Crippen LogP contribution in [0.1, 0.15) is 68.8 Å². The van der Waals surface area contributed by atoms with Gasteiger partial charge in [0.1, 0.15) is 40.6 Å². The van der Waals surface area contributed by atoms with Crippen molar-refractivity contribution < 1.29 is 77.2 Å². The van der Waals surface area contributed by atoms with Crippen LogP contribution in [0.25, 0.3) is 0 Å². The van der Waals surface area contributed by atoms with Gasteiger partial charge in [-0.1, -0.05) is 29.0 Å². The number of carbonyl (C=O) groups is 5. The second kappa shape index (κ2) is 20.3. The first-order valence-corrected chi connectivity index (χ1v) is 23.9. The van der Waals surface area contributed by atoms with Gasteiger partial charge in [0, 0.05) is 94.8 Å². The van der Waals surface area contributed by atoms with Gasteiger partial charge < -0.3 is 63.0 Å². The number of fused-ring (bicyclic) bond motifs is 6. The van der Waals surface area contributed by atoms with Crippen LogP contribution in [0.15, 0.2) is 47.6 Å². The number of hydrogen-bond donors (Lipinski definition) is 3. The first-order valence-electron chi connectivity index (χ1n) is 21.6. The molecule has 0 bridgehead atoms. The van der Waals surface area contributed by atoms with Crippen LogP contribution in [0.2, 0.25) is 0 Å². The molecule has 3 fully saturated rings. The van der Waals surface area contributed by atoms with Gasteiger partial charge in [0.2, 0.25) is 11.6 Å². The number of nitrogens with zero attached hydrogens (tertiary/aromatic N) is 4. The van der Waals surface area contributed by atoms with E-state index in [0.29, 0.717) is 18.9 Å². The van der Waals surface area contributed by atoms with Gasteiger partial charge in [-0.25, -0.2) is 14.6 Å². The zero-order valence-corrected chi connectivity index (χ0v) is 39.0. The second-order valence-electron chi connectivity index (χ2n) is 16.7. The molecule has 2 aliphatic carbocycles. The molecular weight excluding hydrogens is 917 g/mol. The molecule has 8 rings (SSSR count). The minimum Gasteiger partial charge on any atom is -0.507 e. The molecule has 0 spiro atoms. The number of aromatic hydroxyl groups is 2. The number of phenolic OH excluding ortho intramolecular Hbond substituents is 2. The van der Waals surface area contributed by atoms with E-state index in [0.717, 1.165) is 9.93 Å². The van der Waals surface area contributed by atoms with Gasteiger partial charge in [-0.05, 0) is 35.9 Å². The molecule has 67 heavy (non-hydrogen) atoms. The molecule has 0 radical (unpaired) electrons. The predicted octanol–water partition coefficient (Wildman–Crippen LogP) is 3.69. The average molecular weight is 969 g/mol. The van der Waals surface area contributed by atoms with E-state index in [-0.39, 0.29) is 60.2 Å². The van der Waals surface area contributed by atoms with Gasteiger partial charge >= 0.3 is 12.2 Å². The van der Waals surface area contributed by atoms with Crippen molar-refractivity contribution in [3.63, 3.8) is 0 Å². The van der Waals surface area contributed by atoms with E-state index in [1.165, 1.54) is 73.0 Å². The third kappa shape index (κ3) is 9.55. The fourth-order valence-corrected chi connectivity index (χ4v) is 10.9. The number of benzene rings is 2. The van der Waals surface area contributed by atoms with E-state index in [9.17, 15) is 39.3 Å². The van der Waals surface area contributed by atoms with Crippen LogP contribution in [0, 0.1) is 0 Å². The molecule has 0 unspecified atom stereocenters. The Morgan fingerprint density at radius 1 is 0.955 bits per heavy atom. The lowest BCUT2D eigenvalue weighted by Crippen LogP contribution is -2.55. The quantitative estimate of drug-likeness (QED) is 0.0874. The van der Waals surface area contributed by atoms with Crippen LogP contribution in [0.3, 0.4) is 0 Å². The zero-order valence-electron chi connectivity index (χ0n) is 37.4. The van der Waals surface area contributed by atoms with Crippen molar-refractivity contribution >= 4 is 51.1 Å². The van der Waals surface area contributed by atoms with Crippen molar-refractivity contribution in [2.75, 3.05) is 73.5 Å². The third-order valence-corrected chi connectivity index (χ3v) is 14.8. The van der Waals surface area contributed by atoms with Crippen LogP contribution >= 0.6 is 21.6 Å². The molecule has 22 heteroatoms. The van der Waals surface area contributed by atoms with E-state index in [1.54, 1.807) is 13.1 Å². The largest absolute Gasteiger partial charge is 0.507 e. The number of ether oxygens (including phenoxy) is 8. The zero-order chi connectivity index (χ0) is 47.7. The first kappa shape index (κ1) is 48.4. The predicted molar refractivity (Wildman–Crippen MR) is 237 cm³/mol. The Balaban J connectivity index is 0.977. The second-order valence-corrected chi connectivity index (χ2v) is 19.1. The minimum atomic E-state index is -2.41. The van der Waals surface area contributed by atoms with Gasteiger partial charge in [-0.15, -0.1) is 0 Å². The summed E-state index contributed by atoms with van der Waals surface area (Å²) in [6.45, 7) is 2.00. The van der Waals surface area contributed by atoms with E-state index in [1.807, 2.05) is 18.2 Å². The van der Waals surface area contributed by atoms with Crippen LogP contribution in [-0.4, -0.2) is 181 Å². The van der Waals surface area contributed by atoms with Crippen molar-refractivity contribution in [2.45, 2.75) is 80.0 Å². The van der Waals surface area contributed by atoms with Gasteiger partial charge in [-0.3, -0.25) is 19.3 Å². The number of likely N-dealkylation sites (N-methyl/N-ethyl adjacent to an activating group) is 2. The Bertz CT molecular complexity index is 2400. The summed E-state index contributed by atoms with van der Waals surface area (Å²) < 4.78 is 46.6. The van der Waals surface area contributed by atoms with Crippen molar-refractivity contribution in [2.24, 2.45) is 0 Å². The summed E-state index contributed by atoms with van der Waals surface area (Å²) in [4.78, 5) is 76.8. The number of rotatable bonds is 15. The highest BCUT2D eigenvalue weighted by atomic mass is 33.1. The SMILES string of the molecule is COc1cccc2c1C(=O)c1c(O)c3c(c(O)c1C2=O)C[C@@](O)(C(=O)COC(=O)N(C)CCN(C)C(=O)OCCSSc1ccccn1)C[C@@H]3O[C@H]1C[C@H]2[C@H](O[C@@H]3[C@@H](OC)OCCN32)[C@H](C)O1. The number of phenols is 2. The maximum atomic E-state index is 14.2. The lowest BCUT2D eigenvalue weighted by molar-refractivity contribution is -0.256. The number of carbonyl (C=O) groups excluding carboxylic acids is 5. The summed E-state index contributed by atoms with van der Waals surface area (Å²) in [6, 6.07) is 9.71. The maximum absolute atomic E-state index is 14.2. The highest BCUT2D eigenvalue weighted by molar-refractivity contribution is 8.76. The number of pyridine rings is 1. The Morgan fingerprint density at radius 3 is 2.42 bits per heavy atom. The number of amides is 2. The van der Waals surface area contributed by atoms with Crippen molar-refractivity contribution in [1.82, 2.24) is 19.7 Å². The topological polar surface area (TPSA) is 242 Å².